The molecule has 1 heterocycles. The first-order valence-electron chi connectivity index (χ1n) is 15.5. The van der Waals surface area contributed by atoms with Gasteiger partial charge in [0.25, 0.3) is 11.8 Å². The number of hydrogen-bond acceptors (Lipinski definition) is 5. The molecule has 0 aliphatic heterocycles. The maximum absolute atomic E-state index is 13.5. The highest BCUT2D eigenvalue weighted by atomic mass is 32.2. The summed E-state index contributed by atoms with van der Waals surface area (Å²) >= 11 is 1.55. The Hall–Kier alpha value is -5.86. The standard InChI is InChI=1S/C40H33N3O4S/c1-27-14-16-29(17-15-27)37-23-20-32(47-37)26-36(43-39(45)30-9-3-2-4-10-30)40(46)41-31-18-21-33(22-19-31)48-25-24-38(44)42-35-13-7-11-28-8-5-6-12-34(28)35/h2-23,26H,24-25H2,1H3,(H,41,46)(H,42,44)(H,43,45)/b36-26-. The van der Waals surface area contributed by atoms with Crippen molar-refractivity contribution in [3.05, 3.63) is 156 Å². The van der Waals surface area contributed by atoms with Crippen LogP contribution in [0.25, 0.3) is 28.2 Å². The molecule has 48 heavy (non-hydrogen) atoms. The van der Waals surface area contributed by atoms with Crippen LogP contribution in [-0.2, 0) is 9.59 Å². The van der Waals surface area contributed by atoms with Crippen LogP contribution in [0.2, 0.25) is 0 Å². The van der Waals surface area contributed by atoms with Crippen LogP contribution in [0.4, 0.5) is 11.4 Å². The summed E-state index contributed by atoms with van der Waals surface area (Å²) in [5.74, 6) is 0.683. The summed E-state index contributed by atoms with van der Waals surface area (Å²) in [5, 5.41) is 10.7. The molecule has 0 aliphatic carbocycles. The maximum Gasteiger partial charge on any atom is 0.272 e. The van der Waals surface area contributed by atoms with Crippen LogP contribution in [0.15, 0.2) is 148 Å². The Kier molecular flexibility index (Phi) is 10.1. The van der Waals surface area contributed by atoms with Gasteiger partial charge < -0.3 is 20.4 Å². The van der Waals surface area contributed by atoms with E-state index in [4.69, 9.17) is 4.42 Å². The molecule has 7 nitrogen and oxygen atoms in total. The predicted molar refractivity (Wildman–Crippen MR) is 194 cm³/mol. The molecule has 0 spiro atoms. The molecule has 3 amide bonds. The molecule has 238 valence electrons. The Balaban J connectivity index is 1.09. The average molecular weight is 652 g/mol. The van der Waals surface area contributed by atoms with Crippen molar-refractivity contribution in [2.75, 3.05) is 16.4 Å². The molecule has 1 aromatic heterocycles. The van der Waals surface area contributed by atoms with Crippen LogP contribution >= 0.6 is 11.8 Å². The number of nitrogens with one attached hydrogen (secondary N) is 3. The molecular weight excluding hydrogens is 619 g/mol. The maximum atomic E-state index is 13.5. The third-order valence-electron chi connectivity index (χ3n) is 7.55. The van der Waals surface area contributed by atoms with Gasteiger partial charge in [-0.2, -0.15) is 0 Å². The Morgan fingerprint density at radius 2 is 1.46 bits per heavy atom. The molecular formula is C40H33N3O4S. The molecule has 6 aromatic rings. The van der Waals surface area contributed by atoms with E-state index >= 15 is 0 Å². The fourth-order valence-electron chi connectivity index (χ4n) is 5.03. The van der Waals surface area contributed by atoms with Gasteiger partial charge in [-0.15, -0.1) is 11.8 Å². The van der Waals surface area contributed by atoms with Gasteiger partial charge in [0.1, 0.15) is 17.2 Å². The highest BCUT2D eigenvalue weighted by Crippen LogP contribution is 2.26. The van der Waals surface area contributed by atoms with Gasteiger partial charge in [0.15, 0.2) is 0 Å². The monoisotopic (exact) mass is 651 g/mol. The van der Waals surface area contributed by atoms with Crippen molar-refractivity contribution in [3.8, 4) is 11.3 Å². The van der Waals surface area contributed by atoms with Crippen LogP contribution in [0.5, 0.6) is 0 Å². The van der Waals surface area contributed by atoms with Crippen LogP contribution in [-0.4, -0.2) is 23.5 Å². The summed E-state index contributed by atoms with van der Waals surface area (Å²) in [6.07, 6.45) is 1.86. The Morgan fingerprint density at radius 3 is 2.25 bits per heavy atom. The van der Waals surface area contributed by atoms with E-state index in [9.17, 15) is 14.4 Å². The Labute approximate surface area is 283 Å². The summed E-state index contributed by atoms with van der Waals surface area (Å²) in [5.41, 5.74) is 3.85. The molecule has 0 radical (unpaired) electrons. The molecule has 0 fully saturated rings. The first-order chi connectivity index (χ1) is 23.4. The van der Waals surface area contributed by atoms with E-state index in [0.717, 1.165) is 32.5 Å². The van der Waals surface area contributed by atoms with Gasteiger partial charge in [0, 0.05) is 51.0 Å². The summed E-state index contributed by atoms with van der Waals surface area (Å²) in [4.78, 5) is 40.1. The SMILES string of the molecule is Cc1ccc(-c2ccc(/C=C(\NC(=O)c3ccccc3)C(=O)Nc3ccc(SCCC(=O)Nc4cccc5ccccc45)cc3)o2)cc1. The zero-order chi connectivity index (χ0) is 33.3. The third-order valence-corrected chi connectivity index (χ3v) is 8.57. The number of aryl methyl sites for hydroxylation is 1. The van der Waals surface area contributed by atoms with Crippen LogP contribution in [0, 0.1) is 6.92 Å². The molecule has 3 N–H and O–H groups in total. The van der Waals surface area contributed by atoms with E-state index < -0.39 is 11.8 Å². The highest BCUT2D eigenvalue weighted by Gasteiger charge is 2.17. The van der Waals surface area contributed by atoms with Crippen molar-refractivity contribution < 1.29 is 18.8 Å². The summed E-state index contributed by atoms with van der Waals surface area (Å²) in [6.45, 7) is 2.02. The quantitative estimate of drug-likeness (QED) is 0.0960. The summed E-state index contributed by atoms with van der Waals surface area (Å²) in [6, 6.07) is 41.4. The Bertz CT molecular complexity index is 2080. The summed E-state index contributed by atoms with van der Waals surface area (Å²) in [7, 11) is 0. The molecule has 0 saturated heterocycles. The molecule has 0 atom stereocenters. The van der Waals surface area contributed by atoms with Gasteiger partial charge in [-0.25, -0.2) is 0 Å². The van der Waals surface area contributed by atoms with Crippen LogP contribution in [0.3, 0.4) is 0 Å². The molecule has 8 heteroatoms. The lowest BCUT2D eigenvalue weighted by Gasteiger charge is -2.11. The minimum Gasteiger partial charge on any atom is -0.457 e. The number of amides is 3. The second-order valence-electron chi connectivity index (χ2n) is 11.1. The topological polar surface area (TPSA) is 100 Å². The van der Waals surface area contributed by atoms with E-state index in [-0.39, 0.29) is 11.6 Å². The molecule has 0 aliphatic rings. The van der Waals surface area contributed by atoms with Gasteiger partial charge in [-0.1, -0.05) is 84.4 Å². The average Bonchev–Trinajstić information content (AvgIpc) is 3.58. The fourth-order valence-corrected chi connectivity index (χ4v) is 5.88. The molecule has 5 aromatic carbocycles. The number of thioether (sulfide) groups is 1. The molecule has 0 unspecified atom stereocenters. The van der Waals surface area contributed by atoms with Gasteiger partial charge in [-0.3, -0.25) is 14.4 Å². The van der Waals surface area contributed by atoms with Gasteiger partial charge >= 0.3 is 0 Å². The normalized spacial score (nSPS) is 11.2. The molecule has 0 bridgehead atoms. The first-order valence-corrected chi connectivity index (χ1v) is 16.5. The largest absolute Gasteiger partial charge is 0.457 e. The lowest BCUT2D eigenvalue weighted by molar-refractivity contribution is -0.116. The van der Waals surface area contributed by atoms with Crippen molar-refractivity contribution in [1.29, 1.82) is 0 Å². The summed E-state index contributed by atoms with van der Waals surface area (Å²) < 4.78 is 6.01. The second kappa shape index (κ2) is 15.2. The minimum atomic E-state index is -0.502. The van der Waals surface area contributed by atoms with Crippen molar-refractivity contribution in [3.63, 3.8) is 0 Å². The van der Waals surface area contributed by atoms with Gasteiger partial charge in [0.05, 0.1) is 0 Å². The lowest BCUT2D eigenvalue weighted by atomic mass is 10.1. The molecule has 6 rings (SSSR count). The second-order valence-corrected chi connectivity index (χ2v) is 12.3. The lowest BCUT2D eigenvalue weighted by Crippen LogP contribution is -2.30. The van der Waals surface area contributed by atoms with E-state index in [2.05, 4.69) is 16.0 Å². The number of rotatable bonds is 11. The van der Waals surface area contributed by atoms with Gasteiger partial charge in [0.2, 0.25) is 5.91 Å². The Morgan fingerprint density at radius 1 is 0.729 bits per heavy atom. The van der Waals surface area contributed by atoms with Crippen LogP contribution < -0.4 is 16.0 Å². The van der Waals surface area contributed by atoms with E-state index in [1.165, 1.54) is 6.08 Å². The number of carbonyl (C=O) groups is 3. The number of benzene rings is 5. The smallest absolute Gasteiger partial charge is 0.272 e. The van der Waals surface area contributed by atoms with Gasteiger partial charge in [-0.05, 0) is 66.9 Å². The van der Waals surface area contributed by atoms with Crippen LogP contribution in [0.1, 0.15) is 28.1 Å². The minimum absolute atomic E-state index is 0.0318. The highest BCUT2D eigenvalue weighted by molar-refractivity contribution is 7.99. The van der Waals surface area contributed by atoms with Crippen molar-refractivity contribution in [2.45, 2.75) is 18.2 Å². The predicted octanol–water partition coefficient (Wildman–Crippen LogP) is 8.94. The van der Waals surface area contributed by atoms with E-state index in [1.54, 1.807) is 54.2 Å². The third kappa shape index (κ3) is 8.29. The first kappa shape index (κ1) is 32.1. The zero-order valence-electron chi connectivity index (χ0n) is 26.2. The number of anilines is 2. The van der Waals surface area contributed by atoms with E-state index in [0.29, 0.717) is 34.9 Å². The van der Waals surface area contributed by atoms with Crippen molar-refractivity contribution in [2.24, 2.45) is 0 Å². The fraction of sp³-hybridized carbons (Fsp3) is 0.0750. The van der Waals surface area contributed by atoms with E-state index in [1.807, 2.05) is 97.9 Å². The van der Waals surface area contributed by atoms with Crippen molar-refractivity contribution in [1.82, 2.24) is 5.32 Å². The molecule has 0 saturated carbocycles. The number of fused-ring (bicyclic) bond motifs is 1. The number of carbonyl (C=O) groups excluding carboxylic acids is 3. The van der Waals surface area contributed by atoms with Crippen molar-refractivity contribution >= 4 is 57.7 Å². The number of furan rings is 1. The zero-order valence-corrected chi connectivity index (χ0v) is 27.1. The number of hydrogen-bond donors (Lipinski definition) is 3.